The highest BCUT2D eigenvalue weighted by Crippen LogP contribution is 2.42. The van der Waals surface area contributed by atoms with E-state index in [1.165, 1.54) is 37.7 Å². The second-order valence-corrected chi connectivity index (χ2v) is 13.6. The van der Waals surface area contributed by atoms with Crippen LogP contribution in [0.4, 0.5) is 0 Å². The zero-order chi connectivity index (χ0) is 34.9. The minimum Gasteiger partial charge on any atom is -0.308 e. The van der Waals surface area contributed by atoms with Crippen LogP contribution in [-0.2, 0) is 0 Å². The van der Waals surface area contributed by atoms with Crippen molar-refractivity contribution in [1.82, 2.24) is 19.5 Å². The average molecular weight is 675 g/mol. The summed E-state index contributed by atoms with van der Waals surface area (Å²) in [6.45, 7) is 0. The van der Waals surface area contributed by atoms with Gasteiger partial charge >= 0.3 is 0 Å². The Labute approximate surface area is 305 Å². The standard InChI is InChI=1S/C49H30N4/c1-2-16-32(17-3-1)47-50-48(40-26-14-18-31-15-4-5-19-33(31)40)52-49(51-47)43-29-41-36-22-8-6-20-34(36)35-21-7-9-23-37(35)42(41)30-46(43)53-44-27-12-10-24-38(44)39-25-11-13-28-45(39)53/h1-30H. The van der Waals surface area contributed by atoms with Crippen LogP contribution in [0.5, 0.6) is 0 Å². The van der Waals surface area contributed by atoms with Gasteiger partial charge in [0.1, 0.15) is 0 Å². The van der Waals surface area contributed by atoms with Crippen molar-refractivity contribution in [3.05, 3.63) is 182 Å². The van der Waals surface area contributed by atoms with Gasteiger partial charge < -0.3 is 4.57 Å². The van der Waals surface area contributed by atoms with Crippen molar-refractivity contribution in [2.45, 2.75) is 0 Å². The van der Waals surface area contributed by atoms with E-state index in [4.69, 9.17) is 15.0 Å². The third-order valence-corrected chi connectivity index (χ3v) is 10.6. The second-order valence-electron chi connectivity index (χ2n) is 13.6. The molecule has 9 aromatic carbocycles. The van der Waals surface area contributed by atoms with E-state index in [9.17, 15) is 0 Å². The molecule has 0 fully saturated rings. The van der Waals surface area contributed by atoms with Gasteiger partial charge in [0.25, 0.3) is 0 Å². The van der Waals surface area contributed by atoms with E-state index in [-0.39, 0.29) is 0 Å². The maximum Gasteiger partial charge on any atom is 0.166 e. The van der Waals surface area contributed by atoms with Gasteiger partial charge in [-0.1, -0.05) is 158 Å². The molecule has 0 aliphatic heterocycles. The van der Waals surface area contributed by atoms with E-state index in [0.29, 0.717) is 17.5 Å². The summed E-state index contributed by atoms with van der Waals surface area (Å²) in [5.41, 5.74) is 6.12. The molecule has 11 aromatic rings. The maximum atomic E-state index is 5.39. The molecule has 0 N–H and O–H groups in total. The highest BCUT2D eigenvalue weighted by molar-refractivity contribution is 6.26. The van der Waals surface area contributed by atoms with Gasteiger partial charge in [0.05, 0.1) is 16.7 Å². The van der Waals surface area contributed by atoms with Crippen LogP contribution in [0.2, 0.25) is 0 Å². The van der Waals surface area contributed by atoms with E-state index >= 15 is 0 Å². The van der Waals surface area contributed by atoms with E-state index < -0.39 is 0 Å². The van der Waals surface area contributed by atoms with Crippen LogP contribution in [0.1, 0.15) is 0 Å². The summed E-state index contributed by atoms with van der Waals surface area (Å²) < 4.78 is 2.40. The van der Waals surface area contributed by atoms with Gasteiger partial charge in [-0.05, 0) is 67.4 Å². The third kappa shape index (κ3) is 4.59. The van der Waals surface area contributed by atoms with Gasteiger partial charge in [0.2, 0.25) is 0 Å². The van der Waals surface area contributed by atoms with Gasteiger partial charge in [-0.25, -0.2) is 15.0 Å². The van der Waals surface area contributed by atoms with E-state index in [1.807, 2.05) is 18.2 Å². The number of benzene rings is 9. The summed E-state index contributed by atoms with van der Waals surface area (Å²) in [5.74, 6) is 1.90. The molecule has 53 heavy (non-hydrogen) atoms. The molecule has 4 nitrogen and oxygen atoms in total. The van der Waals surface area contributed by atoms with Gasteiger partial charge in [-0.2, -0.15) is 0 Å². The van der Waals surface area contributed by atoms with Crippen molar-refractivity contribution in [2.75, 3.05) is 0 Å². The highest BCUT2D eigenvalue weighted by Gasteiger charge is 2.22. The second kappa shape index (κ2) is 11.7. The first kappa shape index (κ1) is 29.5. The molecule has 0 amide bonds. The van der Waals surface area contributed by atoms with Crippen molar-refractivity contribution in [3.8, 4) is 39.9 Å². The molecule has 2 heterocycles. The van der Waals surface area contributed by atoms with Crippen molar-refractivity contribution < 1.29 is 0 Å². The fourth-order valence-electron chi connectivity index (χ4n) is 8.24. The summed E-state index contributed by atoms with van der Waals surface area (Å²) in [5, 5.41) is 11.9. The Morgan fingerprint density at radius 3 is 1.40 bits per heavy atom. The molecular formula is C49H30N4. The molecule has 0 saturated heterocycles. The molecule has 0 unspecified atom stereocenters. The zero-order valence-electron chi connectivity index (χ0n) is 28.6. The molecule has 2 aromatic heterocycles. The molecule has 0 aliphatic carbocycles. The summed E-state index contributed by atoms with van der Waals surface area (Å²) in [4.78, 5) is 15.9. The SMILES string of the molecule is c1ccc(-c2nc(-c3cc4c5ccccc5c5ccccc5c4cc3-n3c4ccccc4c4ccccc43)nc(-c3cccc4ccccc34)n2)cc1. The van der Waals surface area contributed by atoms with Crippen LogP contribution in [0.15, 0.2) is 182 Å². The molecule has 4 heteroatoms. The molecule has 0 aliphatic rings. The Kier molecular flexibility index (Phi) is 6.52. The Bertz CT molecular complexity index is 3170. The fourth-order valence-corrected chi connectivity index (χ4v) is 8.24. The Morgan fingerprint density at radius 1 is 0.302 bits per heavy atom. The predicted molar refractivity (Wildman–Crippen MR) is 220 cm³/mol. The molecule has 0 saturated carbocycles. The molecule has 0 bridgehead atoms. The van der Waals surface area contributed by atoms with Crippen molar-refractivity contribution in [1.29, 1.82) is 0 Å². The first-order chi connectivity index (χ1) is 26.3. The van der Waals surface area contributed by atoms with Crippen LogP contribution >= 0.6 is 0 Å². The number of fused-ring (bicyclic) bond motifs is 10. The van der Waals surface area contributed by atoms with Crippen LogP contribution < -0.4 is 0 Å². The predicted octanol–water partition coefficient (Wildman–Crippen LogP) is 12.6. The van der Waals surface area contributed by atoms with Crippen LogP contribution in [0, 0.1) is 0 Å². The molecule has 0 atom stereocenters. The van der Waals surface area contributed by atoms with Gasteiger partial charge in [-0.15, -0.1) is 0 Å². The molecule has 0 spiro atoms. The van der Waals surface area contributed by atoms with Gasteiger partial charge in [-0.3, -0.25) is 0 Å². The van der Waals surface area contributed by atoms with E-state index in [0.717, 1.165) is 49.6 Å². The van der Waals surface area contributed by atoms with Crippen LogP contribution in [0.25, 0.3) is 105 Å². The normalized spacial score (nSPS) is 11.8. The number of nitrogens with zero attached hydrogens (tertiary/aromatic N) is 4. The number of hydrogen-bond acceptors (Lipinski definition) is 3. The maximum absolute atomic E-state index is 5.39. The summed E-state index contributed by atoms with van der Waals surface area (Å²) >= 11 is 0. The van der Waals surface area contributed by atoms with Crippen molar-refractivity contribution in [3.63, 3.8) is 0 Å². The van der Waals surface area contributed by atoms with Crippen molar-refractivity contribution in [2.24, 2.45) is 0 Å². The summed E-state index contributed by atoms with van der Waals surface area (Å²) in [6.07, 6.45) is 0. The fraction of sp³-hybridized carbons (Fsp3) is 0. The lowest BCUT2D eigenvalue weighted by Crippen LogP contribution is -2.04. The number of para-hydroxylation sites is 2. The molecule has 0 radical (unpaired) electrons. The third-order valence-electron chi connectivity index (χ3n) is 10.6. The monoisotopic (exact) mass is 674 g/mol. The van der Waals surface area contributed by atoms with Gasteiger partial charge in [0.15, 0.2) is 17.5 Å². The van der Waals surface area contributed by atoms with E-state index in [2.05, 4.69) is 168 Å². The highest BCUT2D eigenvalue weighted by atomic mass is 15.1. The number of hydrogen-bond donors (Lipinski definition) is 0. The summed E-state index contributed by atoms with van der Waals surface area (Å²) in [6, 6.07) is 64.5. The molecule has 11 rings (SSSR count). The smallest absolute Gasteiger partial charge is 0.166 e. The quantitative estimate of drug-likeness (QED) is 0.175. The minimum atomic E-state index is 0.623. The first-order valence-electron chi connectivity index (χ1n) is 18.0. The van der Waals surface area contributed by atoms with Gasteiger partial charge in [0, 0.05) is 27.5 Å². The number of rotatable bonds is 4. The Morgan fingerprint density at radius 2 is 0.755 bits per heavy atom. The van der Waals surface area contributed by atoms with E-state index in [1.54, 1.807) is 0 Å². The van der Waals surface area contributed by atoms with Crippen LogP contribution in [0.3, 0.4) is 0 Å². The van der Waals surface area contributed by atoms with Crippen LogP contribution in [-0.4, -0.2) is 19.5 Å². The van der Waals surface area contributed by atoms with Crippen molar-refractivity contribution >= 4 is 64.9 Å². The first-order valence-corrected chi connectivity index (χ1v) is 18.0. The zero-order valence-corrected chi connectivity index (χ0v) is 28.6. The minimum absolute atomic E-state index is 0.623. The Balaban J connectivity index is 1.32. The largest absolute Gasteiger partial charge is 0.308 e. The molecule has 246 valence electrons. The summed E-state index contributed by atoms with van der Waals surface area (Å²) in [7, 11) is 0. The lowest BCUT2D eigenvalue weighted by molar-refractivity contribution is 1.07. The Hall–Kier alpha value is -7.17. The topological polar surface area (TPSA) is 43.6 Å². The average Bonchev–Trinajstić information content (AvgIpc) is 3.57. The molecular weight excluding hydrogens is 645 g/mol. The number of aromatic nitrogens is 4. The lowest BCUT2D eigenvalue weighted by atomic mass is 9.92. The lowest BCUT2D eigenvalue weighted by Gasteiger charge is -2.18.